The number of carbonyl (C=O) groups is 1. The van der Waals surface area contributed by atoms with Gasteiger partial charge in [0, 0.05) is 11.9 Å². The molecule has 32 heavy (non-hydrogen) atoms. The number of aliphatic imine (C=N–C) groups is 1. The number of aryl methyl sites for hydroxylation is 3. The molecule has 0 heterocycles. The maximum Gasteiger partial charge on any atom is 0.262 e. The van der Waals surface area contributed by atoms with E-state index in [-0.39, 0.29) is 12.5 Å². The van der Waals surface area contributed by atoms with Crippen LogP contribution in [0.15, 0.2) is 64.1 Å². The highest BCUT2D eigenvalue weighted by atomic mass is 79.9. The van der Waals surface area contributed by atoms with E-state index in [0.29, 0.717) is 22.6 Å². The molecule has 0 aliphatic rings. The third kappa shape index (κ3) is 6.44. The molecule has 0 aliphatic carbocycles. The summed E-state index contributed by atoms with van der Waals surface area (Å²) in [6, 6.07) is 17.5. The highest BCUT2D eigenvalue weighted by Gasteiger charge is 2.14. The molecular weight excluding hydrogens is 468 g/mol. The van der Waals surface area contributed by atoms with E-state index in [4.69, 9.17) is 9.47 Å². The predicted octanol–water partition coefficient (Wildman–Crippen LogP) is 6.54. The molecule has 3 aromatic rings. The Morgan fingerprint density at radius 3 is 2.56 bits per heavy atom. The second-order valence-corrected chi connectivity index (χ2v) is 8.35. The van der Waals surface area contributed by atoms with Gasteiger partial charge in [-0.1, -0.05) is 18.2 Å². The molecular formula is C26H27BrN2O3. The minimum Gasteiger partial charge on any atom is -0.490 e. The number of nitrogens with zero attached hydrogens (tertiary/aromatic N) is 1. The summed E-state index contributed by atoms with van der Waals surface area (Å²) in [4.78, 5) is 16.9. The second-order valence-electron chi connectivity index (χ2n) is 7.50. The number of ether oxygens (including phenoxy) is 2. The van der Waals surface area contributed by atoms with Crippen LogP contribution >= 0.6 is 15.9 Å². The zero-order valence-corrected chi connectivity index (χ0v) is 20.3. The maximum atomic E-state index is 12.3. The van der Waals surface area contributed by atoms with E-state index in [2.05, 4.69) is 52.2 Å². The molecule has 1 N–H and O–H groups in total. The van der Waals surface area contributed by atoms with Crippen LogP contribution in [0.4, 0.5) is 11.4 Å². The van der Waals surface area contributed by atoms with Crippen LogP contribution in [-0.2, 0) is 4.79 Å². The molecule has 0 saturated heterocycles. The lowest BCUT2D eigenvalue weighted by Gasteiger charge is -2.14. The second kappa shape index (κ2) is 11.0. The Kier molecular flexibility index (Phi) is 8.06. The van der Waals surface area contributed by atoms with Gasteiger partial charge in [-0.2, -0.15) is 0 Å². The fourth-order valence-corrected chi connectivity index (χ4v) is 3.65. The standard InChI is InChI=1S/C26H27BrN2O3/c1-5-31-24-14-20(15-28-21-10-9-18(3)19(4)12-21)13-23(27)26(24)32-16-25(30)29-22-8-6-7-17(2)11-22/h6-15H,5,16H2,1-4H3,(H,29,30). The first-order valence-electron chi connectivity index (χ1n) is 10.4. The molecule has 166 valence electrons. The molecule has 0 unspecified atom stereocenters. The van der Waals surface area contributed by atoms with Crippen molar-refractivity contribution in [2.75, 3.05) is 18.5 Å². The molecule has 0 atom stereocenters. The summed E-state index contributed by atoms with van der Waals surface area (Å²) in [5, 5.41) is 2.84. The average molecular weight is 495 g/mol. The highest BCUT2D eigenvalue weighted by molar-refractivity contribution is 9.10. The number of anilines is 1. The molecule has 0 aromatic heterocycles. The number of rotatable bonds is 8. The molecule has 0 fully saturated rings. The van der Waals surface area contributed by atoms with E-state index in [1.807, 2.05) is 56.3 Å². The lowest BCUT2D eigenvalue weighted by atomic mass is 10.1. The topological polar surface area (TPSA) is 59.9 Å². The molecule has 0 radical (unpaired) electrons. The van der Waals surface area contributed by atoms with E-state index < -0.39 is 0 Å². The van der Waals surface area contributed by atoms with Crippen LogP contribution in [0.5, 0.6) is 11.5 Å². The quantitative estimate of drug-likeness (QED) is 0.361. The van der Waals surface area contributed by atoms with E-state index >= 15 is 0 Å². The number of carbonyl (C=O) groups excluding carboxylic acids is 1. The molecule has 5 nitrogen and oxygen atoms in total. The molecule has 0 bridgehead atoms. The van der Waals surface area contributed by atoms with E-state index in [0.717, 1.165) is 22.5 Å². The van der Waals surface area contributed by atoms with Crippen LogP contribution in [0.1, 0.15) is 29.2 Å². The van der Waals surface area contributed by atoms with Gasteiger partial charge in [0.15, 0.2) is 18.1 Å². The zero-order chi connectivity index (χ0) is 23.1. The molecule has 6 heteroatoms. The first kappa shape index (κ1) is 23.5. The van der Waals surface area contributed by atoms with Crippen LogP contribution < -0.4 is 14.8 Å². The first-order valence-corrected chi connectivity index (χ1v) is 11.2. The Morgan fingerprint density at radius 2 is 1.84 bits per heavy atom. The lowest BCUT2D eigenvalue weighted by molar-refractivity contribution is -0.118. The fraction of sp³-hybridized carbons (Fsp3) is 0.231. The lowest BCUT2D eigenvalue weighted by Crippen LogP contribution is -2.20. The van der Waals surface area contributed by atoms with Gasteiger partial charge in [0.25, 0.3) is 5.91 Å². The third-order valence-corrected chi connectivity index (χ3v) is 5.42. The first-order chi connectivity index (χ1) is 15.4. The van der Waals surface area contributed by atoms with Crippen molar-refractivity contribution >= 4 is 39.4 Å². The maximum absolute atomic E-state index is 12.3. The van der Waals surface area contributed by atoms with Crippen LogP contribution in [0, 0.1) is 20.8 Å². The molecule has 0 spiro atoms. The molecule has 0 aliphatic heterocycles. The van der Waals surface area contributed by atoms with Crippen LogP contribution in [0.25, 0.3) is 0 Å². The third-order valence-electron chi connectivity index (χ3n) is 4.83. The summed E-state index contributed by atoms with van der Waals surface area (Å²) in [6.07, 6.45) is 1.78. The van der Waals surface area contributed by atoms with Gasteiger partial charge in [-0.05, 0) is 102 Å². The average Bonchev–Trinajstić information content (AvgIpc) is 2.74. The zero-order valence-electron chi connectivity index (χ0n) is 18.7. The summed E-state index contributed by atoms with van der Waals surface area (Å²) in [6.45, 7) is 8.35. The van der Waals surface area contributed by atoms with Crippen molar-refractivity contribution in [2.45, 2.75) is 27.7 Å². The monoisotopic (exact) mass is 494 g/mol. The van der Waals surface area contributed by atoms with E-state index in [9.17, 15) is 4.79 Å². The van der Waals surface area contributed by atoms with Gasteiger partial charge < -0.3 is 14.8 Å². The largest absolute Gasteiger partial charge is 0.490 e. The smallest absolute Gasteiger partial charge is 0.262 e. The van der Waals surface area contributed by atoms with Gasteiger partial charge in [0.1, 0.15) is 0 Å². The van der Waals surface area contributed by atoms with Gasteiger partial charge >= 0.3 is 0 Å². The van der Waals surface area contributed by atoms with Gasteiger partial charge in [-0.25, -0.2) is 0 Å². The Hall–Kier alpha value is -3.12. The fourth-order valence-electron chi connectivity index (χ4n) is 3.08. The number of nitrogens with one attached hydrogen (secondary N) is 1. The number of halogens is 1. The molecule has 0 saturated carbocycles. The summed E-state index contributed by atoms with van der Waals surface area (Å²) in [5.74, 6) is 0.784. The Morgan fingerprint density at radius 1 is 1.03 bits per heavy atom. The molecule has 1 amide bonds. The van der Waals surface area contributed by atoms with Gasteiger partial charge in [-0.3, -0.25) is 9.79 Å². The summed E-state index contributed by atoms with van der Waals surface area (Å²) >= 11 is 3.54. The molecule has 3 rings (SSSR count). The summed E-state index contributed by atoms with van der Waals surface area (Å²) < 4.78 is 12.3. The number of amides is 1. The van der Waals surface area contributed by atoms with Crippen molar-refractivity contribution in [1.29, 1.82) is 0 Å². The van der Waals surface area contributed by atoms with Crippen LogP contribution in [0.3, 0.4) is 0 Å². The summed E-state index contributed by atoms with van der Waals surface area (Å²) in [5.41, 5.74) is 5.98. The van der Waals surface area contributed by atoms with Crippen molar-refractivity contribution in [3.05, 3.63) is 81.3 Å². The number of benzene rings is 3. The number of hydrogen-bond acceptors (Lipinski definition) is 4. The van der Waals surface area contributed by atoms with Crippen molar-refractivity contribution < 1.29 is 14.3 Å². The minimum atomic E-state index is -0.245. The van der Waals surface area contributed by atoms with Gasteiger partial charge in [0.2, 0.25) is 0 Å². The van der Waals surface area contributed by atoms with Crippen molar-refractivity contribution in [3.63, 3.8) is 0 Å². The SMILES string of the molecule is CCOc1cc(C=Nc2ccc(C)c(C)c2)cc(Br)c1OCC(=O)Nc1cccc(C)c1. The Bertz CT molecular complexity index is 1140. The van der Waals surface area contributed by atoms with Crippen molar-refractivity contribution in [1.82, 2.24) is 0 Å². The van der Waals surface area contributed by atoms with Crippen molar-refractivity contribution in [3.8, 4) is 11.5 Å². The minimum absolute atomic E-state index is 0.136. The van der Waals surface area contributed by atoms with Crippen LogP contribution in [0.2, 0.25) is 0 Å². The Labute approximate surface area is 197 Å². The Balaban J connectivity index is 1.73. The van der Waals surface area contributed by atoms with Crippen molar-refractivity contribution in [2.24, 2.45) is 4.99 Å². The van der Waals surface area contributed by atoms with E-state index in [1.165, 1.54) is 11.1 Å². The normalized spacial score (nSPS) is 10.9. The molecule has 3 aromatic carbocycles. The van der Waals surface area contributed by atoms with Crippen LogP contribution in [-0.4, -0.2) is 25.3 Å². The van der Waals surface area contributed by atoms with E-state index in [1.54, 1.807) is 6.21 Å². The highest BCUT2D eigenvalue weighted by Crippen LogP contribution is 2.36. The van der Waals surface area contributed by atoms with Gasteiger partial charge in [-0.15, -0.1) is 0 Å². The number of hydrogen-bond donors (Lipinski definition) is 1. The predicted molar refractivity (Wildman–Crippen MR) is 134 cm³/mol. The van der Waals surface area contributed by atoms with Gasteiger partial charge in [0.05, 0.1) is 16.8 Å². The summed E-state index contributed by atoms with van der Waals surface area (Å²) in [7, 11) is 0.